The summed E-state index contributed by atoms with van der Waals surface area (Å²) in [6.07, 6.45) is -0.871. The molecule has 0 aliphatic carbocycles. The third-order valence-corrected chi connectivity index (χ3v) is 6.35. The highest BCUT2D eigenvalue weighted by Crippen LogP contribution is 2.39. The van der Waals surface area contributed by atoms with E-state index < -0.39 is 24.0 Å². The van der Waals surface area contributed by atoms with Crippen LogP contribution < -0.4 is 9.47 Å². The molecule has 1 heterocycles. The molecule has 2 atom stereocenters. The lowest BCUT2D eigenvalue weighted by molar-refractivity contribution is -0.158. The van der Waals surface area contributed by atoms with Gasteiger partial charge in [0, 0.05) is 25.6 Å². The van der Waals surface area contributed by atoms with Gasteiger partial charge in [-0.2, -0.15) is 0 Å². The SMILES string of the molecule is COCCO[C@H](C(=O)N1Cc2ccc(OC)c(OCc3ccccc3)c2CC1C(=O)O)c1ccccc1. The van der Waals surface area contributed by atoms with Gasteiger partial charge in [0.25, 0.3) is 5.91 Å². The van der Waals surface area contributed by atoms with Crippen molar-refractivity contribution in [1.29, 1.82) is 0 Å². The number of carbonyl (C=O) groups excluding carboxylic acids is 1. The summed E-state index contributed by atoms with van der Waals surface area (Å²) in [7, 11) is 3.10. The maximum Gasteiger partial charge on any atom is 0.326 e. The van der Waals surface area contributed by atoms with Gasteiger partial charge in [0.05, 0.1) is 20.3 Å². The molecule has 3 aromatic rings. The van der Waals surface area contributed by atoms with Crippen LogP contribution in [0.1, 0.15) is 28.4 Å². The lowest BCUT2D eigenvalue weighted by Gasteiger charge is -2.37. The summed E-state index contributed by atoms with van der Waals surface area (Å²) in [6.45, 7) is 0.910. The van der Waals surface area contributed by atoms with Gasteiger partial charge in [-0.05, 0) is 22.8 Å². The van der Waals surface area contributed by atoms with E-state index in [-0.39, 0.29) is 19.6 Å². The fraction of sp³-hybridized carbons (Fsp3) is 0.310. The molecule has 0 saturated carbocycles. The van der Waals surface area contributed by atoms with Gasteiger partial charge in [-0.25, -0.2) is 4.79 Å². The van der Waals surface area contributed by atoms with Crippen LogP contribution in [0.15, 0.2) is 72.8 Å². The van der Waals surface area contributed by atoms with Crippen molar-refractivity contribution in [1.82, 2.24) is 4.90 Å². The lowest BCUT2D eigenvalue weighted by Crippen LogP contribution is -2.50. The number of hydrogen-bond acceptors (Lipinski definition) is 6. The first kappa shape index (κ1) is 26.2. The second-order valence-electron chi connectivity index (χ2n) is 8.69. The molecule has 0 fully saturated rings. The van der Waals surface area contributed by atoms with Crippen molar-refractivity contribution in [2.45, 2.75) is 31.7 Å². The van der Waals surface area contributed by atoms with Crippen LogP contribution in [0.5, 0.6) is 11.5 Å². The van der Waals surface area contributed by atoms with Crippen molar-refractivity contribution in [2.24, 2.45) is 0 Å². The van der Waals surface area contributed by atoms with Crippen LogP contribution >= 0.6 is 0 Å². The highest BCUT2D eigenvalue weighted by atomic mass is 16.5. The number of carboxylic acids is 1. The Morgan fingerprint density at radius 1 is 0.973 bits per heavy atom. The van der Waals surface area contributed by atoms with Crippen molar-refractivity contribution in [3.05, 3.63) is 95.1 Å². The zero-order valence-corrected chi connectivity index (χ0v) is 21.0. The van der Waals surface area contributed by atoms with Gasteiger partial charge in [-0.15, -0.1) is 0 Å². The molecule has 4 rings (SSSR count). The molecular formula is C29H31NO7. The summed E-state index contributed by atoms with van der Waals surface area (Å²) in [5, 5.41) is 10.1. The first-order valence-electron chi connectivity index (χ1n) is 12.1. The molecular weight excluding hydrogens is 474 g/mol. The zero-order chi connectivity index (χ0) is 26.2. The third kappa shape index (κ3) is 6.10. The molecule has 1 aliphatic rings. The highest BCUT2D eigenvalue weighted by molar-refractivity contribution is 5.88. The number of aliphatic carboxylic acids is 1. The monoisotopic (exact) mass is 505 g/mol. The zero-order valence-electron chi connectivity index (χ0n) is 21.0. The van der Waals surface area contributed by atoms with Crippen LogP contribution in [-0.4, -0.2) is 55.4 Å². The van der Waals surface area contributed by atoms with E-state index >= 15 is 0 Å². The molecule has 1 amide bonds. The Morgan fingerprint density at radius 3 is 2.32 bits per heavy atom. The van der Waals surface area contributed by atoms with E-state index in [9.17, 15) is 14.7 Å². The Bertz CT molecular complexity index is 1200. The molecule has 3 aromatic carbocycles. The van der Waals surface area contributed by atoms with Gasteiger partial charge >= 0.3 is 5.97 Å². The number of benzene rings is 3. The number of amides is 1. The molecule has 1 N–H and O–H groups in total. The number of ether oxygens (including phenoxy) is 4. The quantitative estimate of drug-likeness (QED) is 0.394. The molecule has 0 aromatic heterocycles. The summed E-state index contributed by atoms with van der Waals surface area (Å²) < 4.78 is 22.7. The summed E-state index contributed by atoms with van der Waals surface area (Å²) in [5.41, 5.74) is 3.16. The fourth-order valence-electron chi connectivity index (χ4n) is 4.45. The predicted molar refractivity (Wildman–Crippen MR) is 136 cm³/mol. The van der Waals surface area contributed by atoms with Gasteiger partial charge in [-0.3, -0.25) is 4.79 Å². The van der Waals surface area contributed by atoms with Crippen LogP contribution in [0.3, 0.4) is 0 Å². The number of hydrogen-bond donors (Lipinski definition) is 1. The minimum Gasteiger partial charge on any atom is -0.493 e. The average molecular weight is 506 g/mol. The smallest absolute Gasteiger partial charge is 0.326 e. The van der Waals surface area contributed by atoms with Crippen LogP contribution in [0.4, 0.5) is 0 Å². The molecule has 37 heavy (non-hydrogen) atoms. The topological polar surface area (TPSA) is 94.5 Å². The van der Waals surface area contributed by atoms with Crippen LogP contribution in [0.2, 0.25) is 0 Å². The van der Waals surface area contributed by atoms with Gasteiger partial charge < -0.3 is 29.0 Å². The Balaban J connectivity index is 1.65. The summed E-state index contributed by atoms with van der Waals surface area (Å²) >= 11 is 0. The van der Waals surface area contributed by atoms with Crippen molar-refractivity contribution in [3.8, 4) is 11.5 Å². The second-order valence-corrected chi connectivity index (χ2v) is 8.69. The third-order valence-electron chi connectivity index (χ3n) is 6.35. The second kappa shape index (κ2) is 12.4. The summed E-state index contributed by atoms with van der Waals surface area (Å²) in [4.78, 5) is 27.6. The molecule has 8 nitrogen and oxygen atoms in total. The minimum atomic E-state index is -1.10. The minimum absolute atomic E-state index is 0.0807. The molecule has 1 unspecified atom stereocenters. The maximum atomic E-state index is 13.8. The maximum absolute atomic E-state index is 13.8. The van der Waals surface area contributed by atoms with E-state index in [1.54, 1.807) is 32.4 Å². The first-order valence-corrected chi connectivity index (χ1v) is 12.1. The number of carboxylic acid groups (broad SMARTS) is 1. The van der Waals surface area contributed by atoms with Crippen LogP contribution in [0.25, 0.3) is 0 Å². The Morgan fingerprint density at radius 2 is 1.68 bits per heavy atom. The van der Waals surface area contributed by atoms with Crippen LogP contribution in [-0.2, 0) is 38.6 Å². The Labute approximate surface area is 216 Å². The predicted octanol–water partition coefficient (Wildman–Crippen LogP) is 4.02. The van der Waals surface area contributed by atoms with Crippen molar-refractivity contribution < 1.29 is 33.6 Å². The molecule has 0 bridgehead atoms. The normalized spacial score (nSPS) is 15.5. The molecule has 0 radical (unpaired) electrons. The largest absolute Gasteiger partial charge is 0.493 e. The Kier molecular flexibility index (Phi) is 8.77. The lowest BCUT2D eigenvalue weighted by atomic mass is 9.91. The van der Waals surface area contributed by atoms with E-state index in [0.717, 1.165) is 16.7 Å². The number of fused-ring (bicyclic) bond motifs is 1. The van der Waals surface area contributed by atoms with Crippen LogP contribution in [0, 0.1) is 0 Å². The standard InChI is InChI=1S/C29H31NO7/c1-34-15-16-36-26(21-11-7-4-8-12-21)28(31)30-18-22-13-14-25(35-2)27(23(22)17-24(30)29(32)33)37-19-20-9-5-3-6-10-20/h3-14,24,26H,15-19H2,1-2H3,(H,32,33)/t24?,26-/m0/s1. The summed E-state index contributed by atoms with van der Waals surface area (Å²) in [5.74, 6) is -0.496. The van der Waals surface area contributed by atoms with Gasteiger partial charge in [-0.1, -0.05) is 66.7 Å². The van der Waals surface area contributed by atoms with Crippen molar-refractivity contribution >= 4 is 11.9 Å². The number of methoxy groups -OCH3 is 2. The molecule has 0 spiro atoms. The number of nitrogens with zero attached hydrogens (tertiary/aromatic N) is 1. The van der Waals surface area contributed by atoms with Gasteiger partial charge in [0.1, 0.15) is 12.6 Å². The van der Waals surface area contributed by atoms with Crippen molar-refractivity contribution in [3.63, 3.8) is 0 Å². The highest BCUT2D eigenvalue weighted by Gasteiger charge is 2.40. The Hall–Kier alpha value is -3.88. The molecule has 8 heteroatoms. The van der Waals surface area contributed by atoms with E-state index in [1.807, 2.05) is 54.6 Å². The first-order chi connectivity index (χ1) is 18.0. The van der Waals surface area contributed by atoms with E-state index in [0.29, 0.717) is 30.3 Å². The van der Waals surface area contributed by atoms with E-state index in [2.05, 4.69) is 0 Å². The number of carbonyl (C=O) groups is 2. The van der Waals surface area contributed by atoms with Crippen molar-refractivity contribution in [2.75, 3.05) is 27.4 Å². The molecule has 1 aliphatic heterocycles. The average Bonchev–Trinajstić information content (AvgIpc) is 2.94. The summed E-state index contributed by atoms with van der Waals surface area (Å²) in [6, 6.07) is 21.3. The molecule has 194 valence electrons. The van der Waals surface area contributed by atoms with E-state index in [4.69, 9.17) is 18.9 Å². The molecule has 0 saturated heterocycles. The van der Waals surface area contributed by atoms with E-state index in [1.165, 1.54) is 4.90 Å². The van der Waals surface area contributed by atoms with Gasteiger partial charge in [0.15, 0.2) is 17.6 Å². The fourth-order valence-corrected chi connectivity index (χ4v) is 4.45. The van der Waals surface area contributed by atoms with Gasteiger partial charge in [0.2, 0.25) is 0 Å². The number of rotatable bonds is 11.